The Hall–Kier alpha value is -2.24. The molecule has 0 atom stereocenters. The average molecular weight is 196 g/mol. The Morgan fingerprint density at radius 1 is 0.857 bits per heavy atom. The maximum atomic E-state index is 9.25. The first-order valence-electron chi connectivity index (χ1n) is 3.60. The maximum absolute atomic E-state index is 9.25. The van der Waals surface area contributed by atoms with Crippen molar-refractivity contribution < 1.29 is 20.6 Å². The summed E-state index contributed by atoms with van der Waals surface area (Å²) in [4.78, 5) is 0. The molecule has 0 radical (unpaired) electrons. The van der Waals surface area contributed by atoms with Crippen LogP contribution < -0.4 is 0 Å². The highest BCUT2D eigenvalue weighted by Crippen LogP contribution is 2.25. The summed E-state index contributed by atoms with van der Waals surface area (Å²) in [6.07, 6.45) is 1.98. The van der Waals surface area contributed by atoms with Crippen LogP contribution in [0.4, 0.5) is 0 Å². The van der Waals surface area contributed by atoms with Crippen LogP contribution in [0.25, 0.3) is 0 Å². The van der Waals surface area contributed by atoms with Gasteiger partial charge in [-0.3, -0.25) is 0 Å². The molecule has 0 bridgehead atoms. The van der Waals surface area contributed by atoms with E-state index in [1.54, 1.807) is 0 Å². The third-order valence-electron chi connectivity index (χ3n) is 1.57. The van der Waals surface area contributed by atoms with Crippen LogP contribution >= 0.6 is 0 Å². The summed E-state index contributed by atoms with van der Waals surface area (Å²) in [5, 5.41) is 40.4. The Labute approximate surface area is 79.0 Å². The van der Waals surface area contributed by atoms with Crippen LogP contribution in [0.3, 0.4) is 0 Å². The van der Waals surface area contributed by atoms with Gasteiger partial charge in [0, 0.05) is 17.2 Å². The summed E-state index contributed by atoms with van der Waals surface area (Å²) < 4.78 is 0. The lowest BCUT2D eigenvalue weighted by Gasteiger charge is -2.02. The molecule has 14 heavy (non-hydrogen) atoms. The molecule has 0 spiro atoms. The maximum Gasteiger partial charge on any atom is 0.128 e. The minimum atomic E-state index is -0.240. The van der Waals surface area contributed by atoms with Gasteiger partial charge >= 0.3 is 0 Å². The largest absolute Gasteiger partial charge is 0.507 e. The molecule has 6 heteroatoms. The average Bonchev–Trinajstić information content (AvgIpc) is 2.14. The number of hydrogen-bond donors (Lipinski definition) is 4. The fourth-order valence-corrected chi connectivity index (χ4v) is 0.943. The summed E-state index contributed by atoms with van der Waals surface area (Å²) in [5.41, 5.74) is 0.389. The molecule has 0 heterocycles. The molecule has 0 aliphatic rings. The monoisotopic (exact) mass is 196 g/mol. The highest BCUT2D eigenvalue weighted by Gasteiger charge is 2.05. The summed E-state index contributed by atoms with van der Waals surface area (Å²) in [5.74, 6) is -0.481. The Balaban J connectivity index is 3.26. The summed E-state index contributed by atoms with van der Waals surface area (Å²) in [6.45, 7) is 0. The molecule has 0 saturated heterocycles. The minimum Gasteiger partial charge on any atom is -0.507 e. The van der Waals surface area contributed by atoms with E-state index in [1.807, 2.05) is 0 Å². The van der Waals surface area contributed by atoms with E-state index >= 15 is 0 Å². The zero-order valence-electron chi connectivity index (χ0n) is 6.99. The van der Waals surface area contributed by atoms with Crippen LogP contribution in [-0.2, 0) is 0 Å². The quantitative estimate of drug-likeness (QED) is 0.317. The van der Waals surface area contributed by atoms with Crippen molar-refractivity contribution in [1.29, 1.82) is 0 Å². The van der Waals surface area contributed by atoms with E-state index in [1.165, 1.54) is 6.07 Å². The third kappa shape index (κ3) is 1.92. The van der Waals surface area contributed by atoms with Crippen molar-refractivity contribution in [2.45, 2.75) is 0 Å². The second-order valence-corrected chi connectivity index (χ2v) is 2.46. The Kier molecular flexibility index (Phi) is 2.90. The highest BCUT2D eigenvalue weighted by molar-refractivity contribution is 5.90. The Bertz CT molecular complexity index is 354. The van der Waals surface area contributed by atoms with Crippen molar-refractivity contribution in [3.8, 4) is 11.5 Å². The molecule has 0 amide bonds. The third-order valence-corrected chi connectivity index (χ3v) is 1.57. The number of rotatable bonds is 2. The molecule has 1 rings (SSSR count). The van der Waals surface area contributed by atoms with Crippen molar-refractivity contribution in [3.63, 3.8) is 0 Å². The lowest BCUT2D eigenvalue weighted by atomic mass is 10.1. The predicted octanol–water partition coefficient (Wildman–Crippen LogP) is 0.714. The molecule has 1 aromatic rings. The van der Waals surface area contributed by atoms with Gasteiger partial charge in [0.1, 0.15) is 11.5 Å². The standard InChI is InChI=1S/C8H8N2O4/c11-7-2-8(12)6(4-10-14)1-5(7)3-9-13/h1-4,11-14H. The smallest absolute Gasteiger partial charge is 0.128 e. The number of phenolic OH excluding ortho intramolecular Hbond substituents is 2. The molecule has 1 aromatic carbocycles. The van der Waals surface area contributed by atoms with Crippen molar-refractivity contribution in [3.05, 3.63) is 23.3 Å². The van der Waals surface area contributed by atoms with E-state index in [0.29, 0.717) is 0 Å². The Morgan fingerprint density at radius 2 is 1.29 bits per heavy atom. The van der Waals surface area contributed by atoms with Gasteiger partial charge in [0.2, 0.25) is 0 Å². The zero-order chi connectivity index (χ0) is 10.6. The van der Waals surface area contributed by atoms with Crippen molar-refractivity contribution in [2.24, 2.45) is 10.3 Å². The van der Waals surface area contributed by atoms with Gasteiger partial charge in [-0.25, -0.2) is 0 Å². The highest BCUT2D eigenvalue weighted by atomic mass is 16.4. The summed E-state index contributed by atoms with van der Waals surface area (Å²) in [7, 11) is 0. The van der Waals surface area contributed by atoms with Gasteiger partial charge in [0.05, 0.1) is 12.4 Å². The molecule has 0 aromatic heterocycles. The molecule has 0 aliphatic carbocycles. The first-order valence-corrected chi connectivity index (χ1v) is 3.60. The van der Waals surface area contributed by atoms with Crippen LogP contribution in [0.5, 0.6) is 11.5 Å². The van der Waals surface area contributed by atoms with Gasteiger partial charge in [-0.2, -0.15) is 0 Å². The van der Waals surface area contributed by atoms with Crippen molar-refractivity contribution >= 4 is 12.4 Å². The number of hydrogen-bond acceptors (Lipinski definition) is 6. The first-order chi connectivity index (χ1) is 6.69. The molecule has 0 fully saturated rings. The van der Waals surface area contributed by atoms with E-state index in [-0.39, 0.29) is 22.6 Å². The normalized spacial score (nSPS) is 11.4. The predicted molar refractivity (Wildman–Crippen MR) is 48.5 cm³/mol. The number of aromatic hydroxyl groups is 2. The van der Waals surface area contributed by atoms with E-state index in [4.69, 9.17) is 10.4 Å². The van der Waals surface area contributed by atoms with Crippen LogP contribution in [0.2, 0.25) is 0 Å². The fraction of sp³-hybridized carbons (Fsp3) is 0. The van der Waals surface area contributed by atoms with E-state index in [9.17, 15) is 10.2 Å². The minimum absolute atomic E-state index is 0.195. The first kappa shape index (κ1) is 9.85. The van der Waals surface area contributed by atoms with Crippen molar-refractivity contribution in [2.75, 3.05) is 0 Å². The second-order valence-electron chi connectivity index (χ2n) is 2.46. The SMILES string of the molecule is ON=Cc1cc(C=NO)c(O)cc1O. The molecule has 0 saturated carbocycles. The topological polar surface area (TPSA) is 106 Å². The van der Waals surface area contributed by atoms with Gasteiger partial charge in [-0.1, -0.05) is 10.3 Å². The number of nitrogens with zero attached hydrogens (tertiary/aromatic N) is 2. The van der Waals surface area contributed by atoms with Gasteiger partial charge in [0.25, 0.3) is 0 Å². The number of benzene rings is 1. The number of oxime groups is 2. The lowest BCUT2D eigenvalue weighted by molar-refractivity contribution is 0.321. The van der Waals surface area contributed by atoms with Crippen LogP contribution in [0.15, 0.2) is 22.4 Å². The molecule has 0 unspecified atom stereocenters. The van der Waals surface area contributed by atoms with Crippen LogP contribution in [0, 0.1) is 0 Å². The summed E-state index contributed by atoms with van der Waals surface area (Å²) in [6, 6.07) is 2.35. The number of phenols is 2. The van der Waals surface area contributed by atoms with Crippen LogP contribution in [0.1, 0.15) is 11.1 Å². The fourth-order valence-electron chi connectivity index (χ4n) is 0.943. The lowest BCUT2D eigenvalue weighted by Crippen LogP contribution is -1.89. The van der Waals surface area contributed by atoms with E-state index < -0.39 is 0 Å². The van der Waals surface area contributed by atoms with Crippen molar-refractivity contribution in [1.82, 2.24) is 0 Å². The van der Waals surface area contributed by atoms with Gasteiger partial charge < -0.3 is 20.6 Å². The van der Waals surface area contributed by atoms with Crippen LogP contribution in [-0.4, -0.2) is 33.1 Å². The van der Waals surface area contributed by atoms with Gasteiger partial charge in [0.15, 0.2) is 0 Å². The van der Waals surface area contributed by atoms with E-state index in [2.05, 4.69) is 10.3 Å². The molecular weight excluding hydrogens is 188 g/mol. The molecular formula is C8H8N2O4. The Morgan fingerprint density at radius 3 is 1.64 bits per heavy atom. The molecule has 4 N–H and O–H groups in total. The summed E-state index contributed by atoms with van der Waals surface area (Å²) >= 11 is 0. The second kappa shape index (κ2) is 4.13. The van der Waals surface area contributed by atoms with Gasteiger partial charge in [-0.15, -0.1) is 0 Å². The molecule has 6 nitrogen and oxygen atoms in total. The van der Waals surface area contributed by atoms with Gasteiger partial charge in [-0.05, 0) is 6.07 Å². The van der Waals surface area contributed by atoms with E-state index in [0.717, 1.165) is 18.5 Å². The zero-order valence-corrected chi connectivity index (χ0v) is 6.99. The molecule has 0 aliphatic heterocycles. The molecule has 74 valence electrons.